The highest BCUT2D eigenvalue weighted by Gasteiger charge is 2.13. The number of hydrogen-bond acceptors (Lipinski definition) is 4. The van der Waals surface area contributed by atoms with Crippen molar-refractivity contribution in [3.8, 4) is 5.75 Å². The van der Waals surface area contributed by atoms with Crippen molar-refractivity contribution in [3.63, 3.8) is 0 Å². The Bertz CT molecular complexity index is 722. The van der Waals surface area contributed by atoms with Crippen molar-refractivity contribution < 1.29 is 5.11 Å². The van der Waals surface area contributed by atoms with E-state index in [9.17, 15) is 5.11 Å². The molecule has 0 radical (unpaired) electrons. The van der Waals surface area contributed by atoms with Gasteiger partial charge in [0.15, 0.2) is 11.5 Å². The average Bonchev–Trinajstić information content (AvgIpc) is 2.90. The third-order valence-corrected chi connectivity index (χ3v) is 3.32. The summed E-state index contributed by atoms with van der Waals surface area (Å²) in [5.74, 6) is 1.16. The van der Waals surface area contributed by atoms with Gasteiger partial charge < -0.3 is 10.4 Å². The Labute approximate surface area is 116 Å². The van der Waals surface area contributed by atoms with Gasteiger partial charge in [0.05, 0.1) is 6.04 Å². The third kappa shape index (κ3) is 2.35. The third-order valence-electron chi connectivity index (χ3n) is 3.32. The number of nitrogens with zero attached hydrogens (tertiary/aromatic N) is 3. The van der Waals surface area contributed by atoms with Crippen molar-refractivity contribution in [2.24, 2.45) is 0 Å². The first-order valence-corrected chi connectivity index (χ1v) is 6.55. The maximum Gasteiger partial charge on any atom is 0.160 e. The lowest BCUT2D eigenvalue weighted by Gasteiger charge is -2.13. The van der Waals surface area contributed by atoms with Crippen LogP contribution in [0.2, 0.25) is 0 Å². The van der Waals surface area contributed by atoms with E-state index in [0.717, 1.165) is 17.0 Å². The zero-order chi connectivity index (χ0) is 13.9. The number of nitrogens with one attached hydrogen (secondary N) is 1. The molecule has 1 unspecified atom stereocenters. The first-order chi connectivity index (χ1) is 9.75. The number of phenols is 1. The molecule has 3 rings (SSSR count). The summed E-state index contributed by atoms with van der Waals surface area (Å²) in [7, 11) is 0. The number of aromatic nitrogens is 3. The molecule has 102 valence electrons. The fraction of sp³-hybridized carbons (Fsp3) is 0.200. The summed E-state index contributed by atoms with van der Waals surface area (Å²) in [5.41, 5.74) is 1.70. The fourth-order valence-corrected chi connectivity index (χ4v) is 2.17. The van der Waals surface area contributed by atoms with E-state index in [2.05, 4.69) is 15.5 Å². The van der Waals surface area contributed by atoms with Crippen LogP contribution in [0, 0.1) is 0 Å². The van der Waals surface area contributed by atoms with Gasteiger partial charge in [0.25, 0.3) is 0 Å². The highest BCUT2D eigenvalue weighted by atomic mass is 16.3. The lowest BCUT2D eigenvalue weighted by molar-refractivity contribution is 0.458. The normalized spacial score (nSPS) is 12.7. The monoisotopic (exact) mass is 268 g/mol. The Balaban J connectivity index is 1.77. The number of hydrogen-bond donors (Lipinski definition) is 2. The summed E-state index contributed by atoms with van der Waals surface area (Å²) < 4.78 is 1.96. The molecule has 0 amide bonds. The SMILES string of the molecule is CC(NCc1ccccc1O)c1nnc2ccccn12. The average molecular weight is 268 g/mol. The maximum absolute atomic E-state index is 9.75. The quantitative estimate of drug-likeness (QED) is 0.762. The van der Waals surface area contributed by atoms with E-state index in [0.29, 0.717) is 12.3 Å². The molecule has 1 aromatic carbocycles. The summed E-state index contributed by atoms with van der Waals surface area (Å²) in [6, 6.07) is 13.2. The van der Waals surface area contributed by atoms with Crippen molar-refractivity contribution in [3.05, 3.63) is 60.0 Å². The molecule has 0 bridgehead atoms. The molecule has 0 saturated heterocycles. The number of pyridine rings is 1. The second kappa shape index (κ2) is 5.30. The molecular weight excluding hydrogens is 252 g/mol. The van der Waals surface area contributed by atoms with E-state index in [-0.39, 0.29) is 6.04 Å². The topological polar surface area (TPSA) is 62.5 Å². The fourth-order valence-electron chi connectivity index (χ4n) is 2.17. The number of fused-ring (bicyclic) bond motifs is 1. The predicted octanol–water partition coefficient (Wildman–Crippen LogP) is 2.29. The molecule has 20 heavy (non-hydrogen) atoms. The van der Waals surface area contributed by atoms with E-state index in [1.54, 1.807) is 6.07 Å². The lowest BCUT2D eigenvalue weighted by atomic mass is 10.2. The molecule has 2 N–H and O–H groups in total. The van der Waals surface area contributed by atoms with E-state index < -0.39 is 0 Å². The largest absolute Gasteiger partial charge is 0.508 e. The van der Waals surface area contributed by atoms with Gasteiger partial charge in [-0.2, -0.15) is 0 Å². The molecule has 5 heteroatoms. The van der Waals surface area contributed by atoms with Gasteiger partial charge in [-0.05, 0) is 25.1 Å². The van der Waals surface area contributed by atoms with E-state index >= 15 is 0 Å². The Hall–Kier alpha value is -2.40. The van der Waals surface area contributed by atoms with Gasteiger partial charge in [-0.1, -0.05) is 24.3 Å². The van der Waals surface area contributed by atoms with Crippen LogP contribution in [-0.2, 0) is 6.54 Å². The Kier molecular flexibility index (Phi) is 3.35. The lowest BCUT2D eigenvalue weighted by Crippen LogP contribution is -2.20. The molecular formula is C15H16N4O. The minimum Gasteiger partial charge on any atom is -0.508 e. The van der Waals surface area contributed by atoms with E-state index in [1.165, 1.54) is 0 Å². The van der Waals surface area contributed by atoms with E-state index in [1.807, 2.05) is 53.9 Å². The van der Waals surface area contributed by atoms with Gasteiger partial charge in [0.1, 0.15) is 5.75 Å². The highest BCUT2D eigenvalue weighted by Crippen LogP contribution is 2.17. The van der Waals surface area contributed by atoms with Crippen LogP contribution in [0.4, 0.5) is 0 Å². The van der Waals surface area contributed by atoms with Gasteiger partial charge >= 0.3 is 0 Å². The molecule has 5 nitrogen and oxygen atoms in total. The van der Waals surface area contributed by atoms with Gasteiger partial charge in [-0.25, -0.2) is 0 Å². The first kappa shape index (κ1) is 12.6. The number of benzene rings is 1. The standard InChI is InChI=1S/C15H16N4O/c1-11(16-10-12-6-2-3-7-13(12)20)15-18-17-14-8-4-5-9-19(14)15/h2-9,11,16,20H,10H2,1H3. The van der Waals surface area contributed by atoms with E-state index in [4.69, 9.17) is 0 Å². The molecule has 0 spiro atoms. The number of aromatic hydroxyl groups is 1. The van der Waals surface area contributed by atoms with Crippen LogP contribution in [0.3, 0.4) is 0 Å². The van der Waals surface area contributed by atoms with Crippen molar-refractivity contribution in [1.82, 2.24) is 19.9 Å². The van der Waals surface area contributed by atoms with Gasteiger partial charge in [0, 0.05) is 18.3 Å². The van der Waals surface area contributed by atoms with Crippen LogP contribution in [-0.4, -0.2) is 19.7 Å². The highest BCUT2D eigenvalue weighted by molar-refractivity contribution is 5.37. The molecule has 0 aliphatic heterocycles. The van der Waals surface area contributed by atoms with Crippen molar-refractivity contribution in [1.29, 1.82) is 0 Å². The van der Waals surface area contributed by atoms with Crippen LogP contribution in [0.25, 0.3) is 5.65 Å². The second-order valence-corrected chi connectivity index (χ2v) is 4.72. The molecule has 2 aromatic heterocycles. The molecule has 2 heterocycles. The van der Waals surface area contributed by atoms with Gasteiger partial charge in [0.2, 0.25) is 0 Å². The Morgan fingerprint density at radius 1 is 1.15 bits per heavy atom. The summed E-state index contributed by atoms with van der Waals surface area (Å²) in [6.45, 7) is 2.61. The zero-order valence-electron chi connectivity index (χ0n) is 11.2. The van der Waals surface area contributed by atoms with Crippen LogP contribution >= 0.6 is 0 Å². The molecule has 0 saturated carbocycles. The second-order valence-electron chi connectivity index (χ2n) is 4.72. The smallest absolute Gasteiger partial charge is 0.160 e. The molecule has 1 atom stereocenters. The number of phenolic OH excluding ortho intramolecular Hbond substituents is 1. The van der Waals surface area contributed by atoms with Crippen molar-refractivity contribution >= 4 is 5.65 Å². The minimum absolute atomic E-state index is 0.0343. The van der Waals surface area contributed by atoms with Crippen LogP contribution in [0.15, 0.2) is 48.7 Å². The van der Waals surface area contributed by atoms with Crippen molar-refractivity contribution in [2.45, 2.75) is 19.5 Å². The number of rotatable bonds is 4. The Morgan fingerprint density at radius 2 is 1.95 bits per heavy atom. The predicted molar refractivity (Wildman–Crippen MR) is 76.3 cm³/mol. The van der Waals surface area contributed by atoms with Crippen LogP contribution < -0.4 is 5.32 Å². The maximum atomic E-state index is 9.75. The number of para-hydroxylation sites is 1. The van der Waals surface area contributed by atoms with Crippen molar-refractivity contribution in [2.75, 3.05) is 0 Å². The zero-order valence-corrected chi connectivity index (χ0v) is 11.2. The summed E-state index contributed by atoms with van der Waals surface area (Å²) in [6.07, 6.45) is 1.95. The van der Waals surface area contributed by atoms with Gasteiger partial charge in [-0.3, -0.25) is 4.40 Å². The molecule has 0 fully saturated rings. The molecule has 0 aliphatic carbocycles. The molecule has 3 aromatic rings. The molecule has 0 aliphatic rings. The van der Waals surface area contributed by atoms with Gasteiger partial charge in [-0.15, -0.1) is 10.2 Å². The summed E-state index contributed by atoms with van der Waals surface area (Å²) in [5, 5.41) is 21.5. The van der Waals surface area contributed by atoms with Crippen LogP contribution in [0.1, 0.15) is 24.4 Å². The summed E-state index contributed by atoms with van der Waals surface area (Å²) >= 11 is 0. The van der Waals surface area contributed by atoms with Crippen LogP contribution in [0.5, 0.6) is 5.75 Å². The first-order valence-electron chi connectivity index (χ1n) is 6.55. The minimum atomic E-state index is 0.0343. The Morgan fingerprint density at radius 3 is 2.80 bits per heavy atom. The summed E-state index contributed by atoms with van der Waals surface area (Å²) in [4.78, 5) is 0.